The fourth-order valence-corrected chi connectivity index (χ4v) is 6.00. The summed E-state index contributed by atoms with van der Waals surface area (Å²) in [4.78, 5) is 37.4. The van der Waals surface area contributed by atoms with E-state index in [9.17, 15) is 14.7 Å². The summed E-state index contributed by atoms with van der Waals surface area (Å²) in [5.74, 6) is 0.222. The predicted octanol–water partition coefficient (Wildman–Crippen LogP) is 2.72. The van der Waals surface area contributed by atoms with Crippen LogP contribution in [0.1, 0.15) is 40.5 Å². The third kappa shape index (κ3) is 4.70. The van der Waals surface area contributed by atoms with E-state index in [4.69, 9.17) is 0 Å². The molecule has 4 aromatic heterocycles. The molecule has 2 atom stereocenters. The highest BCUT2D eigenvalue weighted by Crippen LogP contribution is 2.37. The fraction of sp³-hybridized carbons (Fsp3) is 0.360. The summed E-state index contributed by atoms with van der Waals surface area (Å²) in [6, 6.07) is 5.87. The van der Waals surface area contributed by atoms with Crippen LogP contribution >= 0.6 is 11.3 Å². The number of rotatable bonds is 7. The van der Waals surface area contributed by atoms with Crippen molar-refractivity contribution in [3.8, 4) is 10.4 Å². The molecule has 1 saturated carbocycles. The Morgan fingerprint density at radius 3 is 2.84 bits per heavy atom. The zero-order valence-electron chi connectivity index (χ0n) is 20.2. The van der Waals surface area contributed by atoms with E-state index < -0.39 is 5.91 Å². The summed E-state index contributed by atoms with van der Waals surface area (Å²) in [5.41, 5.74) is 3.20. The number of thiazole rings is 1. The molecule has 190 valence electrons. The lowest BCUT2D eigenvalue weighted by Gasteiger charge is -2.25. The number of nitrogens with one attached hydrogen (secondary N) is 2. The maximum atomic E-state index is 13.1. The van der Waals surface area contributed by atoms with E-state index in [1.807, 2.05) is 6.07 Å². The molecule has 6 rings (SSSR count). The Hall–Kier alpha value is -3.74. The van der Waals surface area contributed by atoms with Crippen molar-refractivity contribution in [3.05, 3.63) is 53.2 Å². The molecule has 1 saturated heterocycles. The van der Waals surface area contributed by atoms with Crippen LogP contribution < -0.4 is 10.6 Å². The molecule has 0 aromatic carbocycles. The zero-order chi connectivity index (χ0) is 25.5. The van der Waals surface area contributed by atoms with Crippen molar-refractivity contribution in [2.24, 2.45) is 5.92 Å². The van der Waals surface area contributed by atoms with Gasteiger partial charge in [-0.3, -0.25) is 19.5 Å². The SMILES string of the molecule is Cc1ncc(NC(=O)CN2CC3CCC2C3)cc1NC(=O)c1nnn2cc(-c3cnc(CO)s3)ccc12. The molecule has 2 amide bonds. The first-order valence-corrected chi connectivity index (χ1v) is 13.0. The smallest absolute Gasteiger partial charge is 0.278 e. The van der Waals surface area contributed by atoms with Crippen molar-refractivity contribution in [2.75, 3.05) is 23.7 Å². The van der Waals surface area contributed by atoms with Gasteiger partial charge in [-0.25, -0.2) is 9.50 Å². The number of aliphatic hydroxyl groups is 1. The molecular weight excluding hydrogens is 492 g/mol. The summed E-state index contributed by atoms with van der Waals surface area (Å²) in [5, 5.41) is 23.8. The van der Waals surface area contributed by atoms with Crippen molar-refractivity contribution >= 4 is 40.0 Å². The van der Waals surface area contributed by atoms with Crippen molar-refractivity contribution in [3.63, 3.8) is 0 Å². The van der Waals surface area contributed by atoms with Gasteiger partial charge in [-0.05, 0) is 50.3 Å². The number of carbonyl (C=O) groups excluding carboxylic acids is 2. The Bertz CT molecular complexity index is 1500. The Morgan fingerprint density at radius 1 is 1.19 bits per heavy atom. The normalized spacial score (nSPS) is 19.0. The number of fused-ring (bicyclic) bond motifs is 3. The van der Waals surface area contributed by atoms with E-state index in [1.165, 1.54) is 35.1 Å². The highest BCUT2D eigenvalue weighted by molar-refractivity contribution is 7.15. The van der Waals surface area contributed by atoms with E-state index in [0.717, 1.165) is 22.9 Å². The minimum Gasteiger partial charge on any atom is -0.389 e. The maximum Gasteiger partial charge on any atom is 0.278 e. The Kier molecular flexibility index (Phi) is 6.14. The van der Waals surface area contributed by atoms with Crippen molar-refractivity contribution in [2.45, 2.75) is 38.8 Å². The van der Waals surface area contributed by atoms with Crippen LogP contribution in [0.2, 0.25) is 0 Å². The molecule has 2 bridgehead atoms. The molecule has 12 heteroatoms. The molecule has 1 aliphatic carbocycles. The number of carbonyl (C=O) groups is 2. The number of pyridine rings is 2. The molecule has 0 radical (unpaired) electrons. The molecule has 3 N–H and O–H groups in total. The van der Waals surface area contributed by atoms with E-state index in [1.54, 1.807) is 37.6 Å². The predicted molar refractivity (Wildman–Crippen MR) is 138 cm³/mol. The average molecular weight is 519 g/mol. The molecule has 2 unspecified atom stereocenters. The fourth-order valence-electron chi connectivity index (χ4n) is 5.23. The minimum absolute atomic E-state index is 0.0809. The number of aryl methyl sites for hydroxylation is 1. The number of anilines is 2. The molecule has 2 aliphatic rings. The van der Waals surface area contributed by atoms with Gasteiger partial charge in [-0.2, -0.15) is 0 Å². The maximum absolute atomic E-state index is 13.1. The largest absolute Gasteiger partial charge is 0.389 e. The molecule has 0 spiro atoms. The Morgan fingerprint density at radius 2 is 2.08 bits per heavy atom. The van der Waals surface area contributed by atoms with E-state index >= 15 is 0 Å². The van der Waals surface area contributed by atoms with Crippen molar-refractivity contribution in [1.29, 1.82) is 0 Å². The number of nitrogens with zero attached hydrogens (tertiary/aromatic N) is 6. The lowest BCUT2D eigenvalue weighted by atomic mass is 10.1. The van der Waals surface area contributed by atoms with Gasteiger partial charge >= 0.3 is 0 Å². The van der Waals surface area contributed by atoms with Gasteiger partial charge in [-0.15, -0.1) is 16.4 Å². The van der Waals surface area contributed by atoms with Crippen LogP contribution in [0.4, 0.5) is 11.4 Å². The van der Waals surface area contributed by atoms with Crippen LogP contribution in [-0.2, 0) is 11.4 Å². The highest BCUT2D eigenvalue weighted by Gasteiger charge is 2.38. The molecule has 37 heavy (non-hydrogen) atoms. The van der Waals surface area contributed by atoms with Crippen molar-refractivity contribution < 1.29 is 14.7 Å². The average Bonchev–Trinajstić information content (AvgIpc) is 3.69. The summed E-state index contributed by atoms with van der Waals surface area (Å²) in [7, 11) is 0. The Labute approximate surface area is 216 Å². The van der Waals surface area contributed by atoms with E-state index in [0.29, 0.717) is 40.2 Å². The first-order chi connectivity index (χ1) is 18.0. The van der Waals surface area contributed by atoms with Crippen LogP contribution in [0.5, 0.6) is 0 Å². The number of aliphatic hydroxyl groups excluding tert-OH is 1. The second-order valence-corrected chi connectivity index (χ2v) is 10.7. The lowest BCUT2D eigenvalue weighted by Crippen LogP contribution is -2.38. The standard InChI is InChI=1S/C25H26N8O3S/c1-14-19(7-17(8-26-14)28-22(35)12-32-10-15-2-4-18(32)6-15)29-25(36)24-20-5-3-16(11-33(20)31-30-24)21-9-27-23(13-34)37-21/h3,5,7-9,11,15,18,34H,2,4,6,10,12-13H2,1H3,(H,28,35)(H,29,36). The number of hydrogen-bond donors (Lipinski definition) is 3. The number of hydrogen-bond acceptors (Lipinski definition) is 9. The van der Waals surface area contributed by atoms with Gasteiger partial charge in [0.2, 0.25) is 5.91 Å². The van der Waals surface area contributed by atoms with Gasteiger partial charge in [0.1, 0.15) is 5.01 Å². The molecule has 2 fully saturated rings. The molecule has 4 aromatic rings. The zero-order valence-corrected chi connectivity index (χ0v) is 21.0. The van der Waals surface area contributed by atoms with Crippen LogP contribution in [0.25, 0.3) is 16.0 Å². The first-order valence-electron chi connectivity index (χ1n) is 12.2. The summed E-state index contributed by atoms with van der Waals surface area (Å²) < 4.78 is 1.54. The molecule has 11 nitrogen and oxygen atoms in total. The van der Waals surface area contributed by atoms with Gasteiger partial charge in [0.25, 0.3) is 5.91 Å². The quantitative estimate of drug-likeness (QED) is 0.340. The number of aromatic nitrogens is 5. The van der Waals surface area contributed by atoms with E-state index in [2.05, 4.69) is 35.8 Å². The van der Waals surface area contributed by atoms with Gasteiger partial charge < -0.3 is 15.7 Å². The van der Waals surface area contributed by atoms with Crippen LogP contribution in [0.15, 0.2) is 36.8 Å². The first kappa shape index (κ1) is 23.6. The Balaban J connectivity index is 1.15. The summed E-state index contributed by atoms with van der Waals surface area (Å²) in [6.45, 7) is 3.04. The lowest BCUT2D eigenvalue weighted by molar-refractivity contribution is -0.117. The second-order valence-electron chi connectivity index (χ2n) is 9.58. The minimum atomic E-state index is -0.426. The highest BCUT2D eigenvalue weighted by atomic mass is 32.1. The molecule has 5 heterocycles. The topological polar surface area (TPSA) is 138 Å². The molecular formula is C25H26N8O3S. The molecule has 1 aliphatic heterocycles. The summed E-state index contributed by atoms with van der Waals surface area (Å²) in [6.07, 6.45) is 8.70. The van der Waals surface area contributed by atoms with Gasteiger partial charge in [0, 0.05) is 30.5 Å². The van der Waals surface area contributed by atoms with Gasteiger partial charge in [-0.1, -0.05) is 5.21 Å². The number of likely N-dealkylation sites (tertiary alicyclic amines) is 1. The third-order valence-electron chi connectivity index (χ3n) is 7.09. The third-order valence-corrected chi connectivity index (χ3v) is 8.12. The number of amides is 2. The van der Waals surface area contributed by atoms with Crippen LogP contribution in [0.3, 0.4) is 0 Å². The van der Waals surface area contributed by atoms with Gasteiger partial charge in [0.05, 0.1) is 46.8 Å². The number of piperidine rings is 1. The monoisotopic (exact) mass is 518 g/mol. The van der Waals surface area contributed by atoms with E-state index in [-0.39, 0.29) is 18.2 Å². The second kappa shape index (κ2) is 9.61. The van der Waals surface area contributed by atoms with Crippen LogP contribution in [0, 0.1) is 12.8 Å². The van der Waals surface area contributed by atoms with Crippen molar-refractivity contribution in [1.82, 2.24) is 29.7 Å². The summed E-state index contributed by atoms with van der Waals surface area (Å²) >= 11 is 1.39. The van der Waals surface area contributed by atoms with Gasteiger partial charge in [0.15, 0.2) is 5.69 Å². The van der Waals surface area contributed by atoms with Crippen LogP contribution in [-0.4, -0.2) is 65.7 Å².